The van der Waals surface area contributed by atoms with E-state index in [-0.39, 0.29) is 24.0 Å². The Morgan fingerprint density at radius 3 is 2.31 bits per heavy atom. The molecule has 1 unspecified atom stereocenters. The van der Waals surface area contributed by atoms with Crippen molar-refractivity contribution < 1.29 is 14.3 Å². The second kappa shape index (κ2) is 10.4. The number of carbonyl (C=O) groups excluding carboxylic acids is 2. The maximum Gasteiger partial charge on any atom is 0.322 e. The zero-order valence-electron chi connectivity index (χ0n) is 15.7. The van der Waals surface area contributed by atoms with Crippen LogP contribution in [0.2, 0.25) is 5.02 Å². The standard InChI is InChI=1S/C20H29ClN2O3/c1-15(19(24)26-2)14-23(18-8-6-4-3-5-7-9-18)20(25)22-17-12-10-16(21)11-13-17/h10-13,15,18H,3-9,14H2,1-2H3,(H,22,25). The summed E-state index contributed by atoms with van der Waals surface area (Å²) in [5.74, 6) is -0.651. The van der Waals surface area contributed by atoms with Crippen molar-refractivity contribution in [3.05, 3.63) is 29.3 Å². The van der Waals surface area contributed by atoms with Crippen LogP contribution in [0.15, 0.2) is 24.3 Å². The first-order valence-corrected chi connectivity index (χ1v) is 9.80. The number of benzene rings is 1. The largest absolute Gasteiger partial charge is 0.469 e. The van der Waals surface area contributed by atoms with Gasteiger partial charge in [0.2, 0.25) is 0 Å². The Morgan fingerprint density at radius 2 is 1.73 bits per heavy atom. The number of hydrogen-bond donors (Lipinski definition) is 1. The number of hydrogen-bond acceptors (Lipinski definition) is 3. The van der Waals surface area contributed by atoms with Gasteiger partial charge in [0.1, 0.15) is 0 Å². The van der Waals surface area contributed by atoms with E-state index in [1.54, 1.807) is 31.2 Å². The summed E-state index contributed by atoms with van der Waals surface area (Å²) in [6.45, 7) is 2.16. The lowest BCUT2D eigenvalue weighted by molar-refractivity contribution is -0.145. The summed E-state index contributed by atoms with van der Waals surface area (Å²) in [7, 11) is 1.38. The molecule has 1 aromatic rings. The topological polar surface area (TPSA) is 58.6 Å². The van der Waals surface area contributed by atoms with Gasteiger partial charge >= 0.3 is 12.0 Å². The third-order valence-corrected chi connectivity index (χ3v) is 5.20. The molecule has 6 heteroatoms. The van der Waals surface area contributed by atoms with Crippen LogP contribution in [-0.4, -0.2) is 36.6 Å². The molecule has 2 rings (SSSR count). The highest BCUT2D eigenvalue weighted by molar-refractivity contribution is 6.30. The molecular weight excluding hydrogens is 352 g/mol. The van der Waals surface area contributed by atoms with Crippen LogP contribution in [0.5, 0.6) is 0 Å². The minimum Gasteiger partial charge on any atom is -0.469 e. The number of methoxy groups -OCH3 is 1. The van der Waals surface area contributed by atoms with Gasteiger partial charge in [-0.25, -0.2) is 4.79 Å². The monoisotopic (exact) mass is 380 g/mol. The molecule has 1 saturated carbocycles. The predicted octanol–water partition coefficient (Wildman–Crippen LogP) is 5.10. The van der Waals surface area contributed by atoms with Gasteiger partial charge in [-0.3, -0.25) is 4.79 Å². The van der Waals surface area contributed by atoms with Crippen LogP contribution in [0.1, 0.15) is 51.9 Å². The van der Waals surface area contributed by atoms with Crippen molar-refractivity contribution in [2.45, 2.75) is 57.9 Å². The van der Waals surface area contributed by atoms with Crippen molar-refractivity contribution in [3.63, 3.8) is 0 Å². The molecule has 0 heterocycles. The maximum absolute atomic E-state index is 13.0. The summed E-state index contributed by atoms with van der Waals surface area (Å²) in [4.78, 5) is 26.7. The normalized spacial score (nSPS) is 16.9. The van der Waals surface area contributed by atoms with E-state index in [2.05, 4.69) is 5.32 Å². The Hall–Kier alpha value is -1.75. The summed E-state index contributed by atoms with van der Waals surface area (Å²) >= 11 is 5.91. The lowest BCUT2D eigenvalue weighted by atomic mass is 9.95. The van der Waals surface area contributed by atoms with E-state index in [1.807, 2.05) is 4.90 Å². The highest BCUT2D eigenvalue weighted by Crippen LogP contribution is 2.24. The smallest absolute Gasteiger partial charge is 0.322 e. The van der Waals surface area contributed by atoms with Crippen LogP contribution in [0.4, 0.5) is 10.5 Å². The van der Waals surface area contributed by atoms with Gasteiger partial charge in [0.15, 0.2) is 0 Å². The number of nitrogens with one attached hydrogen (secondary N) is 1. The van der Waals surface area contributed by atoms with E-state index in [0.29, 0.717) is 17.3 Å². The van der Waals surface area contributed by atoms with Gasteiger partial charge in [-0.2, -0.15) is 0 Å². The van der Waals surface area contributed by atoms with Gasteiger partial charge < -0.3 is 15.0 Å². The van der Waals surface area contributed by atoms with Crippen LogP contribution in [-0.2, 0) is 9.53 Å². The van der Waals surface area contributed by atoms with E-state index < -0.39 is 0 Å². The lowest BCUT2D eigenvalue weighted by Gasteiger charge is -2.34. The number of halogens is 1. The van der Waals surface area contributed by atoms with Crippen molar-refractivity contribution in [2.24, 2.45) is 5.92 Å². The molecule has 1 N–H and O–H groups in total. The molecule has 0 saturated heterocycles. The van der Waals surface area contributed by atoms with Gasteiger partial charge in [-0.05, 0) is 37.1 Å². The van der Waals surface area contributed by atoms with E-state index in [0.717, 1.165) is 25.7 Å². The highest BCUT2D eigenvalue weighted by atomic mass is 35.5. The first-order chi connectivity index (χ1) is 12.5. The number of urea groups is 1. The van der Waals surface area contributed by atoms with E-state index in [4.69, 9.17) is 16.3 Å². The Balaban J connectivity index is 2.12. The molecule has 1 atom stereocenters. The molecule has 1 aliphatic carbocycles. The van der Waals surface area contributed by atoms with Crippen molar-refractivity contribution in [1.29, 1.82) is 0 Å². The van der Waals surface area contributed by atoms with Crippen molar-refractivity contribution in [1.82, 2.24) is 4.90 Å². The van der Waals surface area contributed by atoms with Crippen molar-refractivity contribution in [2.75, 3.05) is 19.0 Å². The molecule has 1 fully saturated rings. The van der Waals surface area contributed by atoms with Crippen molar-refractivity contribution >= 4 is 29.3 Å². The fraction of sp³-hybridized carbons (Fsp3) is 0.600. The average molecular weight is 381 g/mol. The van der Waals surface area contributed by atoms with E-state index >= 15 is 0 Å². The molecule has 0 aliphatic heterocycles. The SMILES string of the molecule is COC(=O)C(C)CN(C(=O)Nc1ccc(Cl)cc1)C1CCCCCCC1. The van der Waals surface area contributed by atoms with Crippen LogP contribution in [0.3, 0.4) is 0 Å². The Bertz CT molecular complexity index is 583. The second-order valence-electron chi connectivity index (χ2n) is 7.01. The Labute approximate surface area is 161 Å². The van der Waals surface area contributed by atoms with E-state index in [9.17, 15) is 9.59 Å². The first-order valence-electron chi connectivity index (χ1n) is 9.42. The molecule has 5 nitrogen and oxygen atoms in total. The zero-order chi connectivity index (χ0) is 18.9. The van der Waals surface area contributed by atoms with E-state index in [1.165, 1.54) is 26.4 Å². The highest BCUT2D eigenvalue weighted by Gasteiger charge is 2.28. The number of anilines is 1. The second-order valence-corrected chi connectivity index (χ2v) is 7.45. The maximum atomic E-state index is 13.0. The third-order valence-electron chi connectivity index (χ3n) is 4.95. The summed E-state index contributed by atoms with van der Waals surface area (Å²) in [6.07, 6.45) is 7.85. The van der Waals surface area contributed by atoms with Crippen molar-refractivity contribution in [3.8, 4) is 0 Å². The number of carbonyl (C=O) groups is 2. The summed E-state index contributed by atoms with van der Waals surface area (Å²) in [5.41, 5.74) is 0.695. The number of esters is 1. The summed E-state index contributed by atoms with van der Waals surface area (Å²) in [5, 5.41) is 3.57. The minimum atomic E-state index is -0.360. The third kappa shape index (κ3) is 6.20. The number of rotatable bonds is 5. The molecule has 0 spiro atoms. The predicted molar refractivity (Wildman–Crippen MR) is 104 cm³/mol. The fourth-order valence-electron chi connectivity index (χ4n) is 3.44. The van der Waals surface area contributed by atoms with Crippen LogP contribution >= 0.6 is 11.6 Å². The molecule has 0 aromatic heterocycles. The summed E-state index contributed by atoms with van der Waals surface area (Å²) in [6, 6.07) is 7.02. The van der Waals surface area contributed by atoms with Crippen LogP contribution in [0, 0.1) is 5.92 Å². The van der Waals surface area contributed by atoms with Gasteiger partial charge in [0.25, 0.3) is 0 Å². The quantitative estimate of drug-likeness (QED) is 0.723. The zero-order valence-corrected chi connectivity index (χ0v) is 16.4. The number of nitrogens with zero attached hydrogens (tertiary/aromatic N) is 1. The molecule has 26 heavy (non-hydrogen) atoms. The minimum absolute atomic E-state index is 0.148. The molecule has 144 valence electrons. The molecule has 0 radical (unpaired) electrons. The average Bonchev–Trinajstić information content (AvgIpc) is 2.61. The first kappa shape index (κ1) is 20.6. The Morgan fingerprint density at radius 1 is 1.15 bits per heavy atom. The Kier molecular flexibility index (Phi) is 8.23. The van der Waals surface area contributed by atoms with Crippen LogP contribution in [0.25, 0.3) is 0 Å². The van der Waals surface area contributed by atoms with Gasteiger partial charge in [0.05, 0.1) is 13.0 Å². The van der Waals surface area contributed by atoms with Crippen LogP contribution < -0.4 is 5.32 Å². The van der Waals surface area contributed by atoms with Gasteiger partial charge in [-0.1, -0.05) is 50.6 Å². The fourth-order valence-corrected chi connectivity index (χ4v) is 3.57. The summed E-state index contributed by atoms with van der Waals surface area (Å²) < 4.78 is 4.84. The lowest BCUT2D eigenvalue weighted by Crippen LogP contribution is -2.46. The van der Waals surface area contributed by atoms with Gasteiger partial charge in [-0.15, -0.1) is 0 Å². The number of amides is 2. The number of ether oxygens (including phenoxy) is 1. The molecule has 0 bridgehead atoms. The molecule has 1 aliphatic rings. The van der Waals surface area contributed by atoms with Gasteiger partial charge in [0, 0.05) is 23.3 Å². The molecule has 2 amide bonds. The molecular formula is C20H29ClN2O3. The molecule has 1 aromatic carbocycles.